The fourth-order valence-corrected chi connectivity index (χ4v) is 3.74. The number of aryl methyl sites for hydroxylation is 1. The molecular formula is C27H23F3N6O. The molecule has 37 heavy (non-hydrogen) atoms. The highest BCUT2D eigenvalue weighted by atomic mass is 19.4. The van der Waals surface area contributed by atoms with Crippen molar-refractivity contribution in [1.82, 2.24) is 20.1 Å². The maximum Gasteiger partial charge on any atom is 0.416 e. The predicted octanol–water partition coefficient (Wildman–Crippen LogP) is 4.88. The Morgan fingerprint density at radius 2 is 1.76 bits per heavy atom. The molecule has 0 saturated heterocycles. The van der Waals surface area contributed by atoms with Gasteiger partial charge in [0.1, 0.15) is 11.9 Å². The second-order valence-corrected chi connectivity index (χ2v) is 8.39. The maximum atomic E-state index is 13.2. The lowest BCUT2D eigenvalue weighted by Crippen LogP contribution is -2.34. The topological polar surface area (TPSA) is 95.6 Å². The first kappa shape index (κ1) is 25.6. The summed E-state index contributed by atoms with van der Waals surface area (Å²) < 4.78 is 40.8. The molecule has 0 saturated carbocycles. The van der Waals surface area contributed by atoms with Crippen LogP contribution >= 0.6 is 0 Å². The fraction of sp³-hybridized carbons (Fsp3) is 0.185. The number of rotatable bonds is 8. The summed E-state index contributed by atoms with van der Waals surface area (Å²) in [5.41, 5.74) is 2.79. The molecule has 1 atom stereocenters. The summed E-state index contributed by atoms with van der Waals surface area (Å²) in [5.74, 6) is -0.148. The summed E-state index contributed by atoms with van der Waals surface area (Å²) in [6, 6.07) is 16.1. The monoisotopic (exact) mass is 504 g/mol. The van der Waals surface area contributed by atoms with E-state index in [0.717, 1.165) is 28.8 Å². The third-order valence-electron chi connectivity index (χ3n) is 5.73. The second-order valence-electron chi connectivity index (χ2n) is 8.39. The van der Waals surface area contributed by atoms with Gasteiger partial charge in [0.25, 0.3) is 0 Å². The van der Waals surface area contributed by atoms with E-state index < -0.39 is 23.7 Å². The number of aromatic nitrogens is 3. The average Bonchev–Trinajstić information content (AvgIpc) is 3.33. The molecule has 2 aromatic carbocycles. The molecule has 4 rings (SSSR count). The summed E-state index contributed by atoms with van der Waals surface area (Å²) in [4.78, 5) is 17.5. The Morgan fingerprint density at radius 3 is 2.32 bits per heavy atom. The number of alkyl halides is 3. The van der Waals surface area contributed by atoms with Gasteiger partial charge in [-0.3, -0.25) is 9.48 Å². The average molecular weight is 505 g/mol. The molecule has 0 radical (unpaired) electrons. The van der Waals surface area contributed by atoms with Crippen molar-refractivity contribution in [2.75, 3.05) is 11.9 Å². The van der Waals surface area contributed by atoms with Crippen LogP contribution < -0.4 is 10.6 Å². The van der Waals surface area contributed by atoms with Crippen LogP contribution in [0.5, 0.6) is 0 Å². The highest BCUT2D eigenvalue weighted by molar-refractivity contribution is 5.95. The number of hydrogen-bond acceptors (Lipinski definition) is 5. The van der Waals surface area contributed by atoms with Crippen molar-refractivity contribution < 1.29 is 18.0 Å². The van der Waals surface area contributed by atoms with Gasteiger partial charge in [0.2, 0.25) is 5.91 Å². The number of benzene rings is 2. The highest BCUT2D eigenvalue weighted by Gasteiger charge is 2.31. The van der Waals surface area contributed by atoms with E-state index in [4.69, 9.17) is 5.26 Å². The summed E-state index contributed by atoms with van der Waals surface area (Å²) in [7, 11) is 1.81. The second kappa shape index (κ2) is 11.1. The van der Waals surface area contributed by atoms with Gasteiger partial charge in [-0.1, -0.05) is 24.3 Å². The predicted molar refractivity (Wildman–Crippen MR) is 132 cm³/mol. The van der Waals surface area contributed by atoms with Crippen LogP contribution in [0.3, 0.4) is 0 Å². The Hall–Kier alpha value is -4.49. The van der Waals surface area contributed by atoms with Gasteiger partial charge in [-0.2, -0.15) is 23.5 Å². The van der Waals surface area contributed by atoms with E-state index in [2.05, 4.69) is 26.8 Å². The maximum absolute atomic E-state index is 13.2. The number of halogens is 3. The normalized spacial score (nSPS) is 12.1. The van der Waals surface area contributed by atoms with Crippen molar-refractivity contribution in [2.24, 2.45) is 7.05 Å². The van der Waals surface area contributed by atoms with Crippen LogP contribution in [0, 0.1) is 11.3 Å². The smallest absolute Gasteiger partial charge is 0.309 e. The van der Waals surface area contributed by atoms with Crippen LogP contribution in [-0.4, -0.2) is 27.2 Å². The van der Waals surface area contributed by atoms with Crippen LogP contribution in [0.4, 0.5) is 19.0 Å². The zero-order chi connectivity index (χ0) is 26.4. The largest absolute Gasteiger partial charge is 0.416 e. The molecule has 4 aromatic rings. The van der Waals surface area contributed by atoms with Crippen molar-refractivity contribution >= 4 is 11.7 Å². The number of nitrogens with one attached hydrogen (secondary N) is 2. The Kier molecular flexibility index (Phi) is 7.65. The molecule has 188 valence electrons. The molecule has 0 bridgehead atoms. The number of nitrogens with zero attached hydrogens (tertiary/aromatic N) is 4. The number of carbonyl (C=O) groups excluding carboxylic acids is 1. The SMILES string of the molecule is Cn1cc(-c2ccc(NC(=O)C(NCCc3ccc(C#N)cc3)c3ccc(C(F)(F)F)cc3)nc2)cn1. The van der Waals surface area contributed by atoms with Crippen molar-refractivity contribution in [1.29, 1.82) is 5.26 Å². The number of carbonyl (C=O) groups is 1. The van der Waals surface area contributed by atoms with E-state index in [1.165, 1.54) is 12.1 Å². The Bertz CT molecular complexity index is 1390. The molecule has 2 heterocycles. The third kappa shape index (κ3) is 6.59. The van der Waals surface area contributed by atoms with E-state index in [9.17, 15) is 18.0 Å². The van der Waals surface area contributed by atoms with Crippen LogP contribution in [0.1, 0.15) is 28.3 Å². The van der Waals surface area contributed by atoms with Crippen molar-refractivity contribution in [3.63, 3.8) is 0 Å². The van der Waals surface area contributed by atoms with E-state index in [-0.39, 0.29) is 0 Å². The summed E-state index contributed by atoms with van der Waals surface area (Å²) in [5, 5.41) is 18.9. The standard InChI is InChI=1S/C27H23F3N6O/c1-36-17-22(16-34-36)21-8-11-24(33-15-21)35-26(37)25(20-6-9-23(10-7-20)27(28,29)30)32-13-12-18-2-4-19(14-31)5-3-18/h2-11,15-17,25,32H,12-13H2,1H3,(H,33,35,37). The van der Waals surface area contributed by atoms with E-state index >= 15 is 0 Å². The van der Waals surface area contributed by atoms with Gasteiger partial charge >= 0.3 is 6.18 Å². The van der Waals surface area contributed by atoms with E-state index in [0.29, 0.717) is 29.9 Å². The Morgan fingerprint density at radius 1 is 1.03 bits per heavy atom. The Labute approximate surface area is 211 Å². The van der Waals surface area contributed by atoms with Crippen molar-refractivity contribution in [2.45, 2.75) is 18.6 Å². The number of nitriles is 1. The quantitative estimate of drug-likeness (QED) is 0.357. The lowest BCUT2D eigenvalue weighted by atomic mass is 10.0. The number of amides is 1. The first-order valence-corrected chi connectivity index (χ1v) is 11.4. The number of pyridine rings is 1. The van der Waals surface area contributed by atoms with Crippen LogP contribution in [0.15, 0.2) is 79.3 Å². The van der Waals surface area contributed by atoms with Gasteiger partial charge in [-0.05, 0) is 53.9 Å². The van der Waals surface area contributed by atoms with E-state index in [1.54, 1.807) is 48.4 Å². The first-order chi connectivity index (χ1) is 17.7. The molecule has 1 amide bonds. The summed E-state index contributed by atoms with van der Waals surface area (Å²) in [6.07, 6.45) is 1.23. The molecule has 7 nitrogen and oxygen atoms in total. The van der Waals surface area contributed by atoms with Gasteiger partial charge in [-0.15, -0.1) is 0 Å². The molecule has 0 fully saturated rings. The minimum absolute atomic E-state index is 0.309. The third-order valence-corrected chi connectivity index (χ3v) is 5.73. The Balaban J connectivity index is 1.49. The van der Waals surface area contributed by atoms with Crippen molar-refractivity contribution in [3.8, 4) is 17.2 Å². The van der Waals surface area contributed by atoms with Crippen LogP contribution in [0.25, 0.3) is 11.1 Å². The van der Waals surface area contributed by atoms with Crippen molar-refractivity contribution in [3.05, 3.63) is 102 Å². The molecular weight excluding hydrogens is 481 g/mol. The van der Waals surface area contributed by atoms with Gasteiger partial charge in [-0.25, -0.2) is 4.98 Å². The molecule has 2 N–H and O–H groups in total. The van der Waals surface area contributed by atoms with Gasteiger partial charge in [0, 0.05) is 37.1 Å². The summed E-state index contributed by atoms with van der Waals surface area (Å²) >= 11 is 0. The highest BCUT2D eigenvalue weighted by Crippen LogP contribution is 2.30. The lowest BCUT2D eigenvalue weighted by molar-refractivity contribution is -0.137. The minimum Gasteiger partial charge on any atom is -0.309 e. The lowest BCUT2D eigenvalue weighted by Gasteiger charge is -2.19. The first-order valence-electron chi connectivity index (χ1n) is 11.4. The van der Waals surface area contributed by atoms with Crippen LogP contribution in [-0.2, 0) is 24.4 Å². The van der Waals surface area contributed by atoms with Crippen LogP contribution in [0.2, 0.25) is 0 Å². The number of hydrogen-bond donors (Lipinski definition) is 2. The minimum atomic E-state index is -4.47. The molecule has 0 aliphatic rings. The molecule has 0 aliphatic heterocycles. The molecule has 1 unspecified atom stereocenters. The van der Waals surface area contributed by atoms with E-state index in [1.807, 2.05) is 18.3 Å². The zero-order valence-electron chi connectivity index (χ0n) is 19.8. The molecule has 2 aromatic heterocycles. The van der Waals surface area contributed by atoms with Gasteiger partial charge in [0.15, 0.2) is 0 Å². The molecule has 0 spiro atoms. The molecule has 0 aliphatic carbocycles. The fourth-order valence-electron chi connectivity index (χ4n) is 3.74. The number of anilines is 1. The zero-order valence-corrected chi connectivity index (χ0v) is 19.8. The summed E-state index contributed by atoms with van der Waals surface area (Å²) in [6.45, 7) is 0.373. The van der Waals surface area contributed by atoms with Gasteiger partial charge in [0.05, 0.1) is 23.4 Å². The molecule has 10 heteroatoms. The van der Waals surface area contributed by atoms with Gasteiger partial charge < -0.3 is 10.6 Å².